The van der Waals surface area contributed by atoms with E-state index in [0.717, 1.165) is 31.7 Å². The number of pyridine rings is 1. The van der Waals surface area contributed by atoms with Gasteiger partial charge >= 0.3 is 6.18 Å². The number of alkyl halides is 3. The van der Waals surface area contributed by atoms with E-state index >= 15 is 0 Å². The summed E-state index contributed by atoms with van der Waals surface area (Å²) in [6, 6.07) is 5.27. The molecule has 0 aliphatic heterocycles. The Hall–Kier alpha value is -2.11. The Morgan fingerprint density at radius 1 is 1.07 bits per heavy atom. The van der Waals surface area contributed by atoms with E-state index in [1.54, 1.807) is 6.07 Å². The number of aromatic nitrogens is 1. The van der Waals surface area contributed by atoms with Crippen molar-refractivity contribution >= 4 is 17.2 Å². The van der Waals surface area contributed by atoms with Crippen LogP contribution in [0.4, 0.5) is 13.2 Å². The van der Waals surface area contributed by atoms with Crippen LogP contribution in [0.3, 0.4) is 0 Å². The van der Waals surface area contributed by atoms with Gasteiger partial charge in [-0.05, 0) is 61.3 Å². The molecular weight excluding hydrogens is 355 g/mol. The molecular formula is C21H24F3NO2. The standard InChI is InChI=1S/C21H24F3NO2/c1-20(2,3)13-4-6-15(7-5-13)27-16-8-9-19-17(11-16)18(21(22,23)24)10-14(12-26)25-19/h8-13,15H,4-7H2,1-3H3. The second kappa shape index (κ2) is 7.13. The minimum absolute atomic E-state index is 0.0117. The number of rotatable bonds is 3. The summed E-state index contributed by atoms with van der Waals surface area (Å²) in [6.45, 7) is 6.71. The van der Waals surface area contributed by atoms with Crippen LogP contribution >= 0.6 is 0 Å². The first-order chi connectivity index (χ1) is 12.6. The molecule has 1 heterocycles. The van der Waals surface area contributed by atoms with E-state index in [-0.39, 0.29) is 28.1 Å². The van der Waals surface area contributed by atoms with Crippen LogP contribution in [0, 0.1) is 11.3 Å². The van der Waals surface area contributed by atoms with Crippen molar-refractivity contribution in [1.82, 2.24) is 4.98 Å². The van der Waals surface area contributed by atoms with Crippen molar-refractivity contribution in [1.29, 1.82) is 0 Å². The fraction of sp³-hybridized carbons (Fsp3) is 0.524. The van der Waals surface area contributed by atoms with E-state index in [0.29, 0.717) is 18.0 Å². The smallest absolute Gasteiger partial charge is 0.417 e. The molecule has 6 heteroatoms. The third kappa shape index (κ3) is 4.42. The minimum atomic E-state index is -4.57. The number of benzene rings is 1. The lowest BCUT2D eigenvalue weighted by Gasteiger charge is -2.37. The molecule has 1 aromatic carbocycles. The highest BCUT2D eigenvalue weighted by Crippen LogP contribution is 2.40. The van der Waals surface area contributed by atoms with Gasteiger partial charge in [0.25, 0.3) is 0 Å². The Balaban J connectivity index is 1.84. The summed E-state index contributed by atoms with van der Waals surface area (Å²) in [6.07, 6.45) is -0.324. The number of fused-ring (bicyclic) bond motifs is 1. The predicted molar refractivity (Wildman–Crippen MR) is 98.0 cm³/mol. The minimum Gasteiger partial charge on any atom is -0.490 e. The van der Waals surface area contributed by atoms with E-state index in [9.17, 15) is 18.0 Å². The zero-order valence-corrected chi connectivity index (χ0v) is 15.8. The second-order valence-corrected chi connectivity index (χ2v) is 8.35. The van der Waals surface area contributed by atoms with Crippen molar-refractivity contribution in [2.45, 2.75) is 58.7 Å². The highest BCUT2D eigenvalue weighted by molar-refractivity contribution is 5.88. The lowest BCUT2D eigenvalue weighted by Crippen LogP contribution is -2.30. The van der Waals surface area contributed by atoms with Gasteiger partial charge in [0.1, 0.15) is 11.4 Å². The van der Waals surface area contributed by atoms with Crippen LogP contribution in [0.1, 0.15) is 62.5 Å². The van der Waals surface area contributed by atoms with Gasteiger partial charge < -0.3 is 4.74 Å². The van der Waals surface area contributed by atoms with Gasteiger partial charge in [0, 0.05) is 5.39 Å². The topological polar surface area (TPSA) is 39.2 Å². The summed E-state index contributed by atoms with van der Waals surface area (Å²) in [7, 11) is 0. The number of ether oxygens (including phenoxy) is 1. The molecule has 0 N–H and O–H groups in total. The number of carbonyl (C=O) groups excluding carboxylic acids is 1. The molecule has 2 aromatic rings. The van der Waals surface area contributed by atoms with Crippen LogP contribution in [-0.4, -0.2) is 17.4 Å². The monoisotopic (exact) mass is 379 g/mol. The van der Waals surface area contributed by atoms with Crippen molar-refractivity contribution in [2.75, 3.05) is 0 Å². The number of nitrogens with zero attached hydrogens (tertiary/aromatic N) is 1. The Morgan fingerprint density at radius 2 is 1.74 bits per heavy atom. The largest absolute Gasteiger partial charge is 0.490 e. The Bertz CT molecular complexity index is 832. The normalized spacial score (nSPS) is 21.3. The number of hydrogen-bond donors (Lipinski definition) is 0. The highest BCUT2D eigenvalue weighted by Gasteiger charge is 2.34. The predicted octanol–water partition coefficient (Wildman–Crippen LogP) is 6.05. The molecule has 1 aliphatic rings. The van der Waals surface area contributed by atoms with Gasteiger partial charge in [0.05, 0.1) is 17.2 Å². The van der Waals surface area contributed by atoms with Crippen LogP contribution in [0.5, 0.6) is 5.75 Å². The van der Waals surface area contributed by atoms with Crippen molar-refractivity contribution in [3.05, 3.63) is 35.5 Å². The first kappa shape index (κ1) is 19.6. The molecule has 0 atom stereocenters. The lowest BCUT2D eigenvalue weighted by atomic mass is 9.72. The van der Waals surface area contributed by atoms with Gasteiger partial charge in [-0.3, -0.25) is 4.79 Å². The molecule has 0 unspecified atom stereocenters. The average Bonchev–Trinajstić information content (AvgIpc) is 2.59. The molecule has 1 aliphatic carbocycles. The fourth-order valence-corrected chi connectivity index (χ4v) is 3.83. The van der Waals surface area contributed by atoms with E-state index < -0.39 is 11.7 Å². The first-order valence-electron chi connectivity index (χ1n) is 9.22. The van der Waals surface area contributed by atoms with E-state index in [2.05, 4.69) is 25.8 Å². The third-order valence-electron chi connectivity index (χ3n) is 5.43. The Kier molecular flexibility index (Phi) is 5.19. The first-order valence-corrected chi connectivity index (χ1v) is 9.22. The molecule has 0 spiro atoms. The Morgan fingerprint density at radius 3 is 2.30 bits per heavy atom. The van der Waals surface area contributed by atoms with Crippen molar-refractivity contribution < 1.29 is 22.7 Å². The highest BCUT2D eigenvalue weighted by atomic mass is 19.4. The van der Waals surface area contributed by atoms with Gasteiger partial charge in [-0.25, -0.2) is 4.98 Å². The van der Waals surface area contributed by atoms with Crippen molar-refractivity contribution in [3.63, 3.8) is 0 Å². The van der Waals surface area contributed by atoms with Gasteiger partial charge in [-0.1, -0.05) is 20.8 Å². The van der Waals surface area contributed by atoms with Gasteiger partial charge in [-0.2, -0.15) is 13.2 Å². The molecule has 0 saturated heterocycles. The maximum absolute atomic E-state index is 13.4. The average molecular weight is 379 g/mol. The lowest BCUT2D eigenvalue weighted by molar-refractivity contribution is -0.136. The zero-order chi connectivity index (χ0) is 19.8. The van der Waals surface area contributed by atoms with Crippen LogP contribution in [0.25, 0.3) is 10.9 Å². The summed E-state index contributed by atoms with van der Waals surface area (Å²) in [5.41, 5.74) is -0.700. The number of carbonyl (C=O) groups is 1. The molecule has 0 bridgehead atoms. The number of halogens is 3. The molecule has 1 saturated carbocycles. The fourth-order valence-electron chi connectivity index (χ4n) is 3.83. The van der Waals surface area contributed by atoms with E-state index in [1.165, 1.54) is 12.1 Å². The zero-order valence-electron chi connectivity index (χ0n) is 15.8. The maximum Gasteiger partial charge on any atom is 0.417 e. The van der Waals surface area contributed by atoms with E-state index in [4.69, 9.17) is 4.74 Å². The van der Waals surface area contributed by atoms with Crippen molar-refractivity contribution in [2.24, 2.45) is 11.3 Å². The molecule has 0 amide bonds. The quantitative estimate of drug-likeness (QED) is 0.610. The molecule has 3 nitrogen and oxygen atoms in total. The molecule has 0 radical (unpaired) electrons. The van der Waals surface area contributed by atoms with E-state index in [1.807, 2.05) is 0 Å². The van der Waals surface area contributed by atoms with Crippen LogP contribution < -0.4 is 4.74 Å². The number of hydrogen-bond acceptors (Lipinski definition) is 3. The molecule has 3 rings (SSSR count). The van der Waals surface area contributed by atoms with Gasteiger partial charge in [0.15, 0.2) is 6.29 Å². The van der Waals surface area contributed by atoms with Gasteiger partial charge in [-0.15, -0.1) is 0 Å². The summed E-state index contributed by atoms with van der Waals surface area (Å²) in [5, 5.41) is -0.0472. The van der Waals surface area contributed by atoms with Gasteiger partial charge in [0.2, 0.25) is 0 Å². The molecule has 1 fully saturated rings. The van der Waals surface area contributed by atoms with Crippen LogP contribution in [0.2, 0.25) is 0 Å². The third-order valence-corrected chi connectivity index (χ3v) is 5.43. The van der Waals surface area contributed by atoms with Crippen LogP contribution in [-0.2, 0) is 6.18 Å². The summed E-state index contributed by atoms with van der Waals surface area (Å²) < 4.78 is 46.2. The summed E-state index contributed by atoms with van der Waals surface area (Å²) in [4.78, 5) is 14.9. The SMILES string of the molecule is CC(C)(C)C1CCC(Oc2ccc3nc(C=O)cc(C(F)(F)F)c3c2)CC1. The Labute approximate surface area is 156 Å². The van der Waals surface area contributed by atoms with Crippen molar-refractivity contribution in [3.8, 4) is 5.75 Å². The summed E-state index contributed by atoms with van der Waals surface area (Å²) >= 11 is 0. The maximum atomic E-state index is 13.4. The molecule has 146 valence electrons. The number of aldehydes is 1. The second-order valence-electron chi connectivity index (χ2n) is 8.35. The molecule has 27 heavy (non-hydrogen) atoms. The summed E-state index contributed by atoms with van der Waals surface area (Å²) in [5.74, 6) is 1.05. The molecule has 1 aromatic heterocycles. The van der Waals surface area contributed by atoms with Crippen LogP contribution in [0.15, 0.2) is 24.3 Å².